The van der Waals surface area contributed by atoms with E-state index in [0.29, 0.717) is 21.8 Å². The van der Waals surface area contributed by atoms with Crippen LogP contribution in [0.5, 0.6) is 5.75 Å². The molecule has 0 atom stereocenters. The summed E-state index contributed by atoms with van der Waals surface area (Å²) in [7, 11) is 1.27. The molecule has 1 N–H and O–H groups in total. The Morgan fingerprint density at radius 3 is 2.39 bits per heavy atom. The molecule has 0 saturated carbocycles. The van der Waals surface area contributed by atoms with Gasteiger partial charge in [0.2, 0.25) is 0 Å². The van der Waals surface area contributed by atoms with Crippen molar-refractivity contribution in [3.8, 4) is 5.75 Å². The first-order valence-electron chi connectivity index (χ1n) is 9.91. The molecule has 0 spiro atoms. The van der Waals surface area contributed by atoms with Crippen LogP contribution in [0.1, 0.15) is 22.8 Å². The summed E-state index contributed by atoms with van der Waals surface area (Å²) in [5, 5.41) is 10.8. The van der Waals surface area contributed by atoms with Gasteiger partial charge in [-0.3, -0.25) is 4.79 Å². The summed E-state index contributed by atoms with van der Waals surface area (Å²) in [6.07, 6.45) is 1.64. The van der Waals surface area contributed by atoms with Gasteiger partial charge in [0, 0.05) is 5.56 Å². The number of rotatable bonds is 7. The maximum absolute atomic E-state index is 12.5. The summed E-state index contributed by atoms with van der Waals surface area (Å²) < 4.78 is 14.9. The summed E-state index contributed by atoms with van der Waals surface area (Å²) >= 11 is 0.993. The first-order chi connectivity index (χ1) is 15.9. The standard InChI is InChI=1S/C24H21NO7S/c1-3-31-24(29)20-21(27)18(33-23(20)25-22(28)16-7-5-4-6-8-16)13-15-9-11-17(12-10-15)32-14-19(26)30-2/h4-13,27H,3,14H2,1-2H3/b18-13-,25-23?. The number of esters is 2. The van der Waals surface area contributed by atoms with Gasteiger partial charge in [0.15, 0.2) is 6.61 Å². The van der Waals surface area contributed by atoms with Crippen LogP contribution in [0.15, 0.2) is 75.8 Å². The van der Waals surface area contributed by atoms with Crippen LogP contribution in [0.25, 0.3) is 6.08 Å². The van der Waals surface area contributed by atoms with Crippen molar-refractivity contribution in [3.05, 3.63) is 82.0 Å². The molecular formula is C24H21NO7S. The number of carbonyl (C=O) groups excluding carboxylic acids is 3. The molecule has 2 aromatic carbocycles. The number of hydrogen-bond donors (Lipinski definition) is 1. The monoisotopic (exact) mass is 467 g/mol. The Balaban J connectivity index is 1.87. The van der Waals surface area contributed by atoms with Crippen molar-refractivity contribution < 1.29 is 33.7 Å². The van der Waals surface area contributed by atoms with E-state index in [1.807, 2.05) is 0 Å². The molecule has 0 aromatic heterocycles. The Morgan fingerprint density at radius 1 is 1.06 bits per heavy atom. The summed E-state index contributed by atoms with van der Waals surface area (Å²) in [4.78, 5) is 40.6. The van der Waals surface area contributed by atoms with Crippen LogP contribution >= 0.6 is 11.8 Å². The minimum Gasteiger partial charge on any atom is -0.506 e. The smallest absolute Gasteiger partial charge is 0.344 e. The second-order valence-corrected chi connectivity index (χ2v) is 7.61. The number of carbonyl (C=O) groups is 3. The van der Waals surface area contributed by atoms with Gasteiger partial charge in [-0.2, -0.15) is 0 Å². The topological polar surface area (TPSA) is 111 Å². The van der Waals surface area contributed by atoms with Crippen LogP contribution in [0.3, 0.4) is 0 Å². The second-order valence-electron chi connectivity index (χ2n) is 6.58. The lowest BCUT2D eigenvalue weighted by atomic mass is 10.1. The number of thioether (sulfide) groups is 1. The third-order valence-electron chi connectivity index (χ3n) is 4.36. The van der Waals surface area contributed by atoms with Crippen LogP contribution in [0.4, 0.5) is 0 Å². The number of amides is 1. The number of methoxy groups -OCH3 is 1. The van der Waals surface area contributed by atoms with Crippen LogP contribution in [0.2, 0.25) is 0 Å². The van der Waals surface area contributed by atoms with Crippen LogP contribution in [0, 0.1) is 0 Å². The van der Waals surface area contributed by atoms with Crippen LogP contribution in [-0.2, 0) is 19.1 Å². The van der Waals surface area contributed by atoms with Gasteiger partial charge >= 0.3 is 11.9 Å². The molecule has 1 aliphatic heterocycles. The van der Waals surface area contributed by atoms with E-state index in [0.717, 1.165) is 11.8 Å². The van der Waals surface area contributed by atoms with Gasteiger partial charge in [-0.1, -0.05) is 42.1 Å². The predicted molar refractivity (Wildman–Crippen MR) is 124 cm³/mol. The highest BCUT2D eigenvalue weighted by atomic mass is 32.2. The zero-order chi connectivity index (χ0) is 23.8. The Bertz CT molecular complexity index is 1140. The Hall–Kier alpha value is -3.85. The molecule has 2 aromatic rings. The first-order valence-corrected chi connectivity index (χ1v) is 10.7. The van der Waals surface area contributed by atoms with E-state index in [4.69, 9.17) is 9.47 Å². The van der Waals surface area contributed by atoms with Gasteiger partial charge in [-0.25, -0.2) is 14.6 Å². The van der Waals surface area contributed by atoms with Crippen LogP contribution in [-0.4, -0.2) is 48.3 Å². The molecule has 0 radical (unpaired) electrons. The highest BCUT2D eigenvalue weighted by Gasteiger charge is 2.33. The quantitative estimate of drug-likeness (QED) is 0.610. The highest BCUT2D eigenvalue weighted by Crippen LogP contribution is 2.39. The van der Waals surface area contributed by atoms with E-state index in [-0.39, 0.29) is 29.6 Å². The van der Waals surface area contributed by atoms with Crippen molar-refractivity contribution >= 4 is 40.7 Å². The summed E-state index contributed by atoms with van der Waals surface area (Å²) in [6.45, 7) is 1.53. The van der Waals surface area contributed by atoms with E-state index in [2.05, 4.69) is 9.73 Å². The SMILES string of the molecule is CCOC(=O)C1=C(O)/C(=C/c2ccc(OCC(=O)OC)cc2)SC1=NC(=O)c1ccccc1. The Labute approximate surface area is 194 Å². The van der Waals surface area contributed by atoms with Gasteiger partial charge in [0.1, 0.15) is 22.1 Å². The fourth-order valence-electron chi connectivity index (χ4n) is 2.74. The van der Waals surface area contributed by atoms with Gasteiger partial charge < -0.3 is 19.3 Å². The molecular weight excluding hydrogens is 446 g/mol. The highest BCUT2D eigenvalue weighted by molar-refractivity contribution is 8.18. The molecule has 1 aliphatic rings. The fourth-order valence-corrected chi connectivity index (χ4v) is 3.75. The van der Waals surface area contributed by atoms with E-state index in [9.17, 15) is 19.5 Å². The van der Waals surface area contributed by atoms with Crippen LogP contribution < -0.4 is 4.74 Å². The molecule has 0 bridgehead atoms. The average Bonchev–Trinajstić information content (AvgIpc) is 3.13. The molecule has 1 heterocycles. The summed E-state index contributed by atoms with van der Waals surface area (Å²) in [5.74, 6) is -1.66. The Morgan fingerprint density at radius 2 is 1.76 bits per heavy atom. The number of aliphatic imine (C=N–C) groups is 1. The third-order valence-corrected chi connectivity index (χ3v) is 5.38. The lowest BCUT2D eigenvalue weighted by Gasteiger charge is -2.05. The number of ether oxygens (including phenoxy) is 3. The van der Waals surface area contributed by atoms with E-state index in [1.54, 1.807) is 67.6 Å². The van der Waals surface area contributed by atoms with Gasteiger partial charge in [-0.05, 0) is 42.8 Å². The van der Waals surface area contributed by atoms with Gasteiger partial charge in [-0.15, -0.1) is 0 Å². The molecule has 1 amide bonds. The molecule has 170 valence electrons. The largest absolute Gasteiger partial charge is 0.506 e. The van der Waals surface area contributed by atoms with Crippen molar-refractivity contribution in [1.82, 2.24) is 0 Å². The molecule has 33 heavy (non-hydrogen) atoms. The number of benzene rings is 2. The average molecular weight is 467 g/mol. The van der Waals surface area contributed by atoms with Crippen molar-refractivity contribution in [1.29, 1.82) is 0 Å². The maximum atomic E-state index is 12.5. The summed E-state index contributed by atoms with van der Waals surface area (Å²) in [6, 6.07) is 15.1. The Kier molecular flexibility index (Phi) is 8.04. The zero-order valence-electron chi connectivity index (χ0n) is 17.9. The number of aliphatic hydroxyl groups excluding tert-OH is 1. The molecule has 0 fully saturated rings. The molecule has 9 heteroatoms. The third kappa shape index (κ3) is 6.11. The molecule has 0 unspecified atom stereocenters. The molecule has 3 rings (SSSR count). The summed E-state index contributed by atoms with van der Waals surface area (Å²) in [5.41, 5.74) is 0.886. The molecule has 0 aliphatic carbocycles. The normalized spacial score (nSPS) is 15.6. The van der Waals surface area contributed by atoms with E-state index >= 15 is 0 Å². The lowest BCUT2D eigenvalue weighted by molar-refractivity contribution is -0.143. The van der Waals surface area contributed by atoms with Crippen molar-refractivity contribution in [2.24, 2.45) is 4.99 Å². The van der Waals surface area contributed by atoms with Crippen molar-refractivity contribution in [2.75, 3.05) is 20.3 Å². The van der Waals surface area contributed by atoms with E-state index < -0.39 is 17.8 Å². The fraction of sp³-hybridized carbons (Fsp3) is 0.167. The predicted octanol–water partition coefficient (Wildman–Crippen LogP) is 3.94. The maximum Gasteiger partial charge on any atom is 0.344 e. The minimum absolute atomic E-state index is 0.0593. The number of nitrogens with zero attached hydrogens (tertiary/aromatic N) is 1. The molecule has 8 nitrogen and oxygen atoms in total. The zero-order valence-corrected chi connectivity index (χ0v) is 18.8. The molecule has 0 saturated heterocycles. The lowest BCUT2D eigenvalue weighted by Crippen LogP contribution is -2.14. The number of aliphatic hydroxyl groups is 1. The van der Waals surface area contributed by atoms with Gasteiger partial charge in [0.05, 0.1) is 18.6 Å². The van der Waals surface area contributed by atoms with E-state index in [1.165, 1.54) is 7.11 Å². The van der Waals surface area contributed by atoms with Crippen molar-refractivity contribution in [3.63, 3.8) is 0 Å². The second kappa shape index (κ2) is 11.1. The number of hydrogen-bond acceptors (Lipinski definition) is 8. The minimum atomic E-state index is -0.767. The first kappa shape index (κ1) is 23.8. The van der Waals surface area contributed by atoms with Crippen molar-refractivity contribution in [2.45, 2.75) is 6.92 Å². The van der Waals surface area contributed by atoms with Gasteiger partial charge in [0.25, 0.3) is 5.91 Å².